The molecule has 1 atom stereocenters. The first-order valence-corrected chi connectivity index (χ1v) is 5.68. The molecule has 1 unspecified atom stereocenters. The van der Waals surface area contributed by atoms with Gasteiger partial charge in [0.15, 0.2) is 0 Å². The SMILES string of the molecule is Oc1cccc(OC2(C(F)(F)F)CCCNC2)c1. The lowest BCUT2D eigenvalue weighted by molar-refractivity contribution is -0.252. The van der Waals surface area contributed by atoms with Crippen molar-refractivity contribution < 1.29 is 23.0 Å². The van der Waals surface area contributed by atoms with Crippen LogP contribution < -0.4 is 10.1 Å². The highest BCUT2D eigenvalue weighted by Crippen LogP contribution is 2.39. The fraction of sp³-hybridized carbons (Fsp3) is 0.500. The Balaban J connectivity index is 2.25. The van der Waals surface area contributed by atoms with Crippen molar-refractivity contribution in [1.29, 1.82) is 0 Å². The monoisotopic (exact) mass is 261 g/mol. The topological polar surface area (TPSA) is 41.5 Å². The molecule has 2 rings (SSSR count). The summed E-state index contributed by atoms with van der Waals surface area (Å²) in [4.78, 5) is 0. The smallest absolute Gasteiger partial charge is 0.429 e. The van der Waals surface area contributed by atoms with Crippen molar-refractivity contribution >= 4 is 0 Å². The quantitative estimate of drug-likeness (QED) is 0.859. The molecule has 1 fully saturated rings. The average Bonchev–Trinajstić information content (AvgIpc) is 2.29. The fourth-order valence-corrected chi connectivity index (χ4v) is 2.04. The van der Waals surface area contributed by atoms with Crippen molar-refractivity contribution in [2.75, 3.05) is 13.1 Å². The van der Waals surface area contributed by atoms with Crippen LogP contribution in [0, 0.1) is 0 Å². The lowest BCUT2D eigenvalue weighted by Gasteiger charge is -2.39. The number of alkyl halides is 3. The predicted octanol–water partition coefficient (Wildman–Crippen LogP) is 2.46. The maximum Gasteiger partial charge on any atom is 0.429 e. The number of benzene rings is 1. The Morgan fingerprint density at radius 1 is 1.33 bits per heavy atom. The molecular formula is C12H14F3NO2. The zero-order valence-electron chi connectivity index (χ0n) is 9.63. The molecule has 6 heteroatoms. The molecule has 0 radical (unpaired) electrons. The van der Waals surface area contributed by atoms with Crippen LogP contribution in [0.1, 0.15) is 12.8 Å². The zero-order valence-corrected chi connectivity index (χ0v) is 9.63. The van der Waals surface area contributed by atoms with Crippen molar-refractivity contribution in [2.45, 2.75) is 24.6 Å². The van der Waals surface area contributed by atoms with Crippen molar-refractivity contribution in [2.24, 2.45) is 0 Å². The second kappa shape index (κ2) is 4.68. The van der Waals surface area contributed by atoms with Gasteiger partial charge in [-0.15, -0.1) is 0 Å². The summed E-state index contributed by atoms with van der Waals surface area (Å²) in [7, 11) is 0. The fourth-order valence-electron chi connectivity index (χ4n) is 2.04. The number of hydrogen-bond donors (Lipinski definition) is 2. The van der Waals surface area contributed by atoms with E-state index in [1.54, 1.807) is 0 Å². The van der Waals surface area contributed by atoms with Gasteiger partial charge in [0.2, 0.25) is 5.60 Å². The van der Waals surface area contributed by atoms with Crippen LogP contribution in [-0.2, 0) is 0 Å². The molecule has 1 aliphatic heterocycles. The lowest BCUT2D eigenvalue weighted by atomic mass is 9.93. The van der Waals surface area contributed by atoms with E-state index in [1.807, 2.05) is 0 Å². The number of halogens is 3. The third-order valence-corrected chi connectivity index (χ3v) is 2.99. The standard InChI is InChI=1S/C12H14F3NO2/c13-12(14,15)11(5-2-6-16-8-11)18-10-4-1-3-9(17)7-10/h1,3-4,7,16-17H,2,5-6,8H2. The maximum atomic E-state index is 13.2. The van der Waals surface area contributed by atoms with Crippen LogP contribution in [0.15, 0.2) is 24.3 Å². The Labute approximate surface area is 103 Å². The van der Waals surface area contributed by atoms with Gasteiger partial charge in [0.1, 0.15) is 11.5 Å². The number of ether oxygens (including phenoxy) is 1. The van der Waals surface area contributed by atoms with Crippen LogP contribution >= 0.6 is 0 Å². The molecule has 1 aliphatic rings. The third kappa shape index (κ3) is 2.53. The van der Waals surface area contributed by atoms with Gasteiger partial charge in [-0.25, -0.2) is 0 Å². The van der Waals surface area contributed by atoms with Gasteiger partial charge in [-0.1, -0.05) is 6.07 Å². The molecule has 1 aromatic rings. The number of piperidine rings is 1. The number of phenolic OH excluding ortho intramolecular Hbond substituents is 1. The minimum Gasteiger partial charge on any atom is -0.508 e. The highest BCUT2D eigenvalue weighted by atomic mass is 19.4. The highest BCUT2D eigenvalue weighted by molar-refractivity contribution is 5.32. The van der Waals surface area contributed by atoms with Crippen LogP contribution in [0.5, 0.6) is 11.5 Å². The highest BCUT2D eigenvalue weighted by Gasteiger charge is 2.57. The van der Waals surface area contributed by atoms with Gasteiger partial charge in [0.25, 0.3) is 0 Å². The number of nitrogens with one attached hydrogen (secondary N) is 1. The van der Waals surface area contributed by atoms with Gasteiger partial charge in [0.05, 0.1) is 0 Å². The first-order valence-electron chi connectivity index (χ1n) is 5.68. The number of hydrogen-bond acceptors (Lipinski definition) is 3. The Bertz CT molecular complexity index is 414. The first kappa shape index (κ1) is 13.0. The van der Waals surface area contributed by atoms with Gasteiger partial charge in [-0.3, -0.25) is 0 Å². The van der Waals surface area contributed by atoms with E-state index >= 15 is 0 Å². The van der Waals surface area contributed by atoms with E-state index in [4.69, 9.17) is 4.74 Å². The molecule has 2 N–H and O–H groups in total. The summed E-state index contributed by atoms with van der Waals surface area (Å²) in [6, 6.07) is 5.42. The average molecular weight is 261 g/mol. The predicted molar refractivity (Wildman–Crippen MR) is 59.6 cm³/mol. The lowest BCUT2D eigenvalue weighted by Crippen LogP contribution is -2.59. The molecule has 1 aromatic carbocycles. The van der Waals surface area contributed by atoms with E-state index in [-0.39, 0.29) is 24.5 Å². The van der Waals surface area contributed by atoms with Gasteiger partial charge in [0, 0.05) is 12.6 Å². The summed E-state index contributed by atoms with van der Waals surface area (Å²) in [6.45, 7) is 0.285. The summed E-state index contributed by atoms with van der Waals surface area (Å²) in [5.41, 5.74) is -2.21. The Kier molecular flexibility index (Phi) is 3.38. The summed E-state index contributed by atoms with van der Waals surface area (Å²) < 4.78 is 44.6. The molecule has 0 aromatic heterocycles. The summed E-state index contributed by atoms with van der Waals surface area (Å²) in [6.07, 6.45) is -4.14. The number of aromatic hydroxyl groups is 1. The molecule has 0 amide bonds. The Morgan fingerprint density at radius 2 is 2.11 bits per heavy atom. The molecule has 0 saturated carbocycles. The van der Waals surface area contributed by atoms with Crippen LogP contribution in [0.25, 0.3) is 0 Å². The summed E-state index contributed by atoms with van der Waals surface area (Å²) in [5.74, 6) is -0.0929. The zero-order chi connectivity index (χ0) is 13.2. The van der Waals surface area contributed by atoms with E-state index in [0.29, 0.717) is 13.0 Å². The molecule has 0 aliphatic carbocycles. The van der Waals surface area contributed by atoms with Crippen LogP contribution in [0.3, 0.4) is 0 Å². The van der Waals surface area contributed by atoms with Crippen molar-refractivity contribution in [3.05, 3.63) is 24.3 Å². The second-order valence-corrected chi connectivity index (χ2v) is 4.37. The van der Waals surface area contributed by atoms with Crippen molar-refractivity contribution in [3.63, 3.8) is 0 Å². The molecule has 0 bridgehead atoms. The molecule has 0 spiro atoms. The van der Waals surface area contributed by atoms with E-state index < -0.39 is 11.8 Å². The van der Waals surface area contributed by atoms with Crippen molar-refractivity contribution in [1.82, 2.24) is 5.32 Å². The Hall–Kier alpha value is -1.43. The van der Waals surface area contributed by atoms with E-state index in [2.05, 4.69) is 5.32 Å². The van der Waals surface area contributed by atoms with Crippen molar-refractivity contribution in [3.8, 4) is 11.5 Å². The number of phenols is 1. The van der Waals surface area contributed by atoms with Crippen LogP contribution in [0.2, 0.25) is 0 Å². The minimum absolute atomic E-state index is 0.0241. The van der Waals surface area contributed by atoms with E-state index in [0.717, 1.165) is 0 Å². The first-order chi connectivity index (χ1) is 8.43. The minimum atomic E-state index is -4.45. The largest absolute Gasteiger partial charge is 0.508 e. The van der Waals surface area contributed by atoms with E-state index in [1.165, 1.54) is 24.3 Å². The second-order valence-electron chi connectivity index (χ2n) is 4.37. The molecule has 1 heterocycles. The molecular weight excluding hydrogens is 247 g/mol. The van der Waals surface area contributed by atoms with Crippen LogP contribution in [0.4, 0.5) is 13.2 Å². The molecule has 3 nitrogen and oxygen atoms in total. The van der Waals surface area contributed by atoms with Gasteiger partial charge in [-0.2, -0.15) is 13.2 Å². The summed E-state index contributed by atoms with van der Waals surface area (Å²) >= 11 is 0. The Morgan fingerprint density at radius 3 is 2.67 bits per heavy atom. The third-order valence-electron chi connectivity index (χ3n) is 2.99. The normalized spacial score (nSPS) is 24.8. The van der Waals surface area contributed by atoms with Gasteiger partial charge < -0.3 is 15.2 Å². The van der Waals surface area contributed by atoms with Gasteiger partial charge in [-0.05, 0) is 31.5 Å². The molecule has 100 valence electrons. The molecule has 18 heavy (non-hydrogen) atoms. The maximum absolute atomic E-state index is 13.2. The summed E-state index contributed by atoms with van der Waals surface area (Å²) in [5, 5.41) is 12.0. The number of rotatable bonds is 2. The van der Waals surface area contributed by atoms with E-state index in [9.17, 15) is 18.3 Å². The molecule has 1 saturated heterocycles. The van der Waals surface area contributed by atoms with Gasteiger partial charge >= 0.3 is 6.18 Å². The van der Waals surface area contributed by atoms with Crippen LogP contribution in [-0.4, -0.2) is 30.0 Å².